The highest BCUT2D eigenvalue weighted by atomic mass is 35.6. The first-order valence-electron chi connectivity index (χ1n) is 11.3. The third-order valence-corrected chi connectivity index (χ3v) is 7.47. The maximum atomic E-state index is 13.5. The summed E-state index contributed by atoms with van der Waals surface area (Å²) in [4.78, 5) is 28.4. The van der Waals surface area contributed by atoms with Gasteiger partial charge < -0.3 is 24.7 Å². The Bertz CT molecular complexity index is 1100. The molecule has 6 atom stereocenters. The SMILES string of the molecule is CCOC(=O)[C@H](C)NP(=O)(OC[C@H]1O[C@@H](n2ccc(N)nc2=O)[C@]2(C)OC(C)(C)O[C@H]12)OCC(Cl)(Cl)Cl. The number of anilines is 1. The maximum absolute atomic E-state index is 13.5. The number of halogens is 3. The Balaban J connectivity index is 1.85. The second-order valence-corrected chi connectivity index (χ2v) is 13.4. The number of nitrogens with one attached hydrogen (secondary N) is 1. The lowest BCUT2D eigenvalue weighted by atomic mass is 9.96. The minimum absolute atomic E-state index is 0.0404. The van der Waals surface area contributed by atoms with Crippen LogP contribution in [0.1, 0.15) is 40.8 Å². The summed E-state index contributed by atoms with van der Waals surface area (Å²) in [5.74, 6) is -1.70. The van der Waals surface area contributed by atoms with Crippen molar-refractivity contribution in [1.29, 1.82) is 0 Å². The van der Waals surface area contributed by atoms with Crippen molar-refractivity contribution in [3.8, 4) is 0 Å². The molecule has 17 heteroatoms. The zero-order valence-corrected chi connectivity index (χ0v) is 24.0. The van der Waals surface area contributed by atoms with Gasteiger partial charge in [-0.05, 0) is 40.7 Å². The van der Waals surface area contributed by atoms with Crippen LogP contribution < -0.4 is 16.5 Å². The van der Waals surface area contributed by atoms with E-state index in [0.717, 1.165) is 0 Å². The van der Waals surface area contributed by atoms with E-state index >= 15 is 0 Å². The number of carbonyl (C=O) groups excluding carboxylic acids is 1. The number of aromatic nitrogens is 2. The third kappa shape index (κ3) is 7.36. The highest BCUT2D eigenvalue weighted by Gasteiger charge is 2.64. The first-order chi connectivity index (χ1) is 17.0. The number of alkyl halides is 3. The van der Waals surface area contributed by atoms with Crippen LogP contribution in [0.2, 0.25) is 0 Å². The molecule has 2 aliphatic heterocycles. The van der Waals surface area contributed by atoms with Crippen molar-refractivity contribution in [1.82, 2.24) is 14.6 Å². The average Bonchev–Trinajstić information content (AvgIpc) is 3.16. The summed E-state index contributed by atoms with van der Waals surface area (Å²) in [6.07, 6.45) is -1.26. The van der Waals surface area contributed by atoms with E-state index in [4.69, 9.17) is 68.5 Å². The van der Waals surface area contributed by atoms with Crippen LogP contribution in [0, 0.1) is 0 Å². The summed E-state index contributed by atoms with van der Waals surface area (Å²) in [6.45, 7) is 7.25. The van der Waals surface area contributed by atoms with Gasteiger partial charge in [0.1, 0.15) is 36.3 Å². The summed E-state index contributed by atoms with van der Waals surface area (Å²) >= 11 is 17.3. The third-order valence-electron chi connectivity index (χ3n) is 5.48. The van der Waals surface area contributed by atoms with Gasteiger partial charge in [-0.1, -0.05) is 34.8 Å². The molecule has 0 aliphatic carbocycles. The fourth-order valence-corrected chi connectivity index (χ4v) is 6.02. The lowest BCUT2D eigenvalue weighted by molar-refractivity contribution is -0.217. The van der Waals surface area contributed by atoms with Crippen LogP contribution in [0.3, 0.4) is 0 Å². The first kappa shape index (κ1) is 30.6. The molecule has 1 aromatic rings. The molecule has 2 fully saturated rings. The van der Waals surface area contributed by atoms with Crippen LogP contribution in [0.4, 0.5) is 5.82 Å². The van der Waals surface area contributed by atoms with Gasteiger partial charge in [0.15, 0.2) is 12.0 Å². The molecule has 0 spiro atoms. The Morgan fingerprint density at radius 1 is 1.35 bits per heavy atom. The van der Waals surface area contributed by atoms with Gasteiger partial charge in [0.2, 0.25) is 3.79 Å². The fraction of sp³-hybridized carbons (Fsp3) is 0.750. The standard InChI is InChI=1S/C20H30Cl3N4O9P/c1-6-31-15(28)11(2)26-37(30,33-10-20(21,22)23)32-9-12-14-19(5,36-18(3,4)35-14)16(34-12)27-8-7-13(24)25-17(27)29/h7-8,11-12,14,16H,6,9-10H2,1-5H3,(H,26,30)(H2,24,25,29)/t11-,12+,14+,16+,19+,37?/m0/s1. The van der Waals surface area contributed by atoms with Gasteiger partial charge >= 0.3 is 19.4 Å². The number of ether oxygens (including phenoxy) is 4. The van der Waals surface area contributed by atoms with Gasteiger partial charge in [-0.3, -0.25) is 18.4 Å². The van der Waals surface area contributed by atoms with Crippen molar-refractivity contribution in [2.45, 2.75) is 74.3 Å². The van der Waals surface area contributed by atoms with Crippen molar-refractivity contribution in [2.24, 2.45) is 0 Å². The Morgan fingerprint density at radius 3 is 2.62 bits per heavy atom. The molecule has 0 bridgehead atoms. The van der Waals surface area contributed by atoms with Gasteiger partial charge in [0.05, 0.1) is 13.2 Å². The second kappa shape index (κ2) is 11.2. The van der Waals surface area contributed by atoms with E-state index in [-0.39, 0.29) is 19.0 Å². The van der Waals surface area contributed by atoms with E-state index in [9.17, 15) is 14.2 Å². The van der Waals surface area contributed by atoms with Crippen molar-refractivity contribution < 1.29 is 37.4 Å². The molecule has 3 N–H and O–H groups in total. The molecule has 0 aromatic carbocycles. The first-order valence-corrected chi connectivity index (χ1v) is 13.9. The van der Waals surface area contributed by atoms with Gasteiger partial charge in [-0.15, -0.1) is 0 Å². The molecule has 3 heterocycles. The minimum Gasteiger partial charge on any atom is -0.465 e. The lowest BCUT2D eigenvalue weighted by Gasteiger charge is -2.30. The quantitative estimate of drug-likeness (QED) is 0.227. The highest BCUT2D eigenvalue weighted by molar-refractivity contribution is 7.51. The molecular formula is C20H30Cl3N4O9P. The van der Waals surface area contributed by atoms with Gasteiger partial charge in [-0.25, -0.2) is 14.4 Å². The molecule has 1 unspecified atom stereocenters. The molecule has 210 valence electrons. The van der Waals surface area contributed by atoms with Crippen LogP contribution in [-0.2, 0) is 37.4 Å². The molecule has 2 aliphatic rings. The number of rotatable bonds is 10. The van der Waals surface area contributed by atoms with Crippen molar-refractivity contribution in [3.63, 3.8) is 0 Å². The number of fused-ring (bicyclic) bond motifs is 1. The van der Waals surface area contributed by atoms with Gasteiger partial charge in [-0.2, -0.15) is 4.98 Å². The van der Waals surface area contributed by atoms with E-state index < -0.39 is 65.7 Å². The normalized spacial score (nSPS) is 29.5. The number of hydrogen-bond donors (Lipinski definition) is 2. The Morgan fingerprint density at radius 2 is 2.03 bits per heavy atom. The minimum atomic E-state index is -4.28. The summed E-state index contributed by atoms with van der Waals surface area (Å²) in [6, 6.07) is 0.348. The molecule has 1 aromatic heterocycles. The molecule has 3 rings (SSSR count). The highest BCUT2D eigenvalue weighted by Crippen LogP contribution is 2.53. The molecule has 0 amide bonds. The summed E-state index contributed by atoms with van der Waals surface area (Å²) in [5, 5.41) is 2.47. The van der Waals surface area contributed by atoms with E-state index in [0.29, 0.717) is 0 Å². The Labute approximate surface area is 228 Å². The second-order valence-electron chi connectivity index (χ2n) is 9.08. The zero-order valence-electron chi connectivity index (χ0n) is 20.8. The molecule has 2 saturated heterocycles. The predicted molar refractivity (Wildman–Crippen MR) is 134 cm³/mol. The van der Waals surface area contributed by atoms with Crippen molar-refractivity contribution in [2.75, 3.05) is 25.6 Å². The largest absolute Gasteiger partial charge is 0.465 e. The van der Waals surface area contributed by atoms with Crippen LogP contribution in [0.15, 0.2) is 17.1 Å². The monoisotopic (exact) mass is 606 g/mol. The van der Waals surface area contributed by atoms with E-state index in [1.54, 1.807) is 27.7 Å². The van der Waals surface area contributed by atoms with E-state index in [1.165, 1.54) is 23.8 Å². The zero-order chi connectivity index (χ0) is 27.8. The lowest BCUT2D eigenvalue weighted by Crippen LogP contribution is -2.45. The summed E-state index contributed by atoms with van der Waals surface area (Å²) < 4.78 is 47.0. The smallest absolute Gasteiger partial charge is 0.406 e. The molecular weight excluding hydrogens is 578 g/mol. The van der Waals surface area contributed by atoms with Crippen molar-refractivity contribution >= 4 is 54.3 Å². The van der Waals surface area contributed by atoms with Crippen LogP contribution in [0.25, 0.3) is 0 Å². The number of nitrogen functional groups attached to an aromatic ring is 1. The number of hydrogen-bond acceptors (Lipinski definition) is 11. The maximum Gasteiger partial charge on any atom is 0.406 e. The molecule has 0 radical (unpaired) electrons. The Kier molecular flexibility index (Phi) is 9.28. The Hall–Kier alpha value is -0.990. The predicted octanol–water partition coefficient (Wildman–Crippen LogP) is 2.69. The summed E-state index contributed by atoms with van der Waals surface area (Å²) in [7, 11) is -4.28. The number of nitrogens with zero attached hydrogens (tertiary/aromatic N) is 2. The van der Waals surface area contributed by atoms with Crippen LogP contribution in [-0.4, -0.2) is 68.8 Å². The number of esters is 1. The number of carbonyl (C=O) groups is 1. The fourth-order valence-electron chi connectivity index (χ4n) is 4.11. The average molecular weight is 608 g/mol. The van der Waals surface area contributed by atoms with E-state index in [2.05, 4.69) is 10.1 Å². The summed E-state index contributed by atoms with van der Waals surface area (Å²) in [5.41, 5.74) is 3.78. The molecule has 13 nitrogen and oxygen atoms in total. The van der Waals surface area contributed by atoms with Crippen molar-refractivity contribution in [3.05, 3.63) is 22.7 Å². The van der Waals surface area contributed by atoms with Gasteiger partial charge in [0.25, 0.3) is 0 Å². The topological polar surface area (TPSA) is 162 Å². The number of nitrogens with two attached hydrogens (primary N) is 1. The molecule has 37 heavy (non-hydrogen) atoms. The van der Waals surface area contributed by atoms with Crippen LogP contribution in [0.5, 0.6) is 0 Å². The van der Waals surface area contributed by atoms with Gasteiger partial charge in [0, 0.05) is 6.20 Å². The van der Waals surface area contributed by atoms with Crippen LogP contribution >= 0.6 is 42.5 Å². The molecule has 0 saturated carbocycles. The van der Waals surface area contributed by atoms with E-state index in [1.807, 2.05) is 0 Å².